The Bertz CT molecular complexity index is 993. The van der Waals surface area contributed by atoms with Crippen LogP contribution in [0.1, 0.15) is 11.1 Å². The van der Waals surface area contributed by atoms with Gasteiger partial charge in [0.2, 0.25) is 0 Å². The quantitative estimate of drug-likeness (QED) is 0.464. The average Bonchev–Trinajstić information content (AvgIpc) is 3.13. The molecule has 0 N–H and O–H groups in total. The summed E-state index contributed by atoms with van der Waals surface area (Å²) in [5.74, 6) is 0. The van der Waals surface area contributed by atoms with Crippen molar-refractivity contribution in [3.8, 4) is 28.1 Å². The van der Waals surface area contributed by atoms with E-state index in [0.717, 1.165) is 16.9 Å². The van der Waals surface area contributed by atoms with Crippen molar-refractivity contribution in [3.05, 3.63) is 96.2 Å². The highest BCUT2D eigenvalue weighted by Crippen LogP contribution is 2.32. The van der Waals surface area contributed by atoms with Crippen LogP contribution in [0.5, 0.6) is 0 Å². The summed E-state index contributed by atoms with van der Waals surface area (Å²) in [5, 5.41) is 4.81. The van der Waals surface area contributed by atoms with E-state index in [1.54, 1.807) is 0 Å². The third-order valence-electron chi connectivity index (χ3n) is 4.56. The molecule has 0 atom stereocenters. The maximum Gasteiger partial charge on any atom is 0.0927 e. The predicted octanol–water partition coefficient (Wildman–Crippen LogP) is 5.82. The van der Waals surface area contributed by atoms with E-state index in [1.165, 1.54) is 22.3 Å². The van der Waals surface area contributed by atoms with E-state index < -0.39 is 0 Å². The lowest BCUT2D eigenvalue weighted by atomic mass is 9.94. The van der Waals surface area contributed by atoms with Crippen LogP contribution in [0, 0.1) is 13.8 Å². The molecule has 0 saturated heterocycles. The molecule has 1 aromatic heterocycles. The van der Waals surface area contributed by atoms with E-state index in [2.05, 4.69) is 74.5 Å². The zero-order valence-corrected chi connectivity index (χ0v) is 14.5. The Hall–Kier alpha value is -3.13. The second-order valence-corrected chi connectivity index (χ2v) is 6.30. The molecule has 4 rings (SSSR count). The molecule has 25 heavy (non-hydrogen) atoms. The lowest BCUT2D eigenvalue weighted by molar-refractivity contribution is 0.885. The summed E-state index contributed by atoms with van der Waals surface area (Å²) in [7, 11) is 0. The largest absolute Gasteiger partial charge is 0.240 e. The molecule has 0 fully saturated rings. The van der Waals surface area contributed by atoms with Gasteiger partial charge in [-0.25, -0.2) is 4.68 Å². The number of aromatic nitrogens is 2. The summed E-state index contributed by atoms with van der Waals surface area (Å²) >= 11 is 0. The SMILES string of the molecule is Cc1cccc(C)c1-c1ccccc1-n1ccc(-c2ccccc2)n1. The Morgan fingerprint density at radius 1 is 0.680 bits per heavy atom. The number of hydrogen-bond donors (Lipinski definition) is 0. The van der Waals surface area contributed by atoms with Crippen LogP contribution in [0.4, 0.5) is 0 Å². The molecular formula is C23H20N2. The van der Waals surface area contributed by atoms with E-state index in [0.29, 0.717) is 0 Å². The van der Waals surface area contributed by atoms with Crippen LogP contribution in [0.25, 0.3) is 28.1 Å². The van der Waals surface area contributed by atoms with Crippen LogP contribution in [0.3, 0.4) is 0 Å². The summed E-state index contributed by atoms with van der Waals surface area (Å²) in [6, 6.07) is 27.2. The van der Waals surface area contributed by atoms with Crippen molar-refractivity contribution < 1.29 is 0 Å². The van der Waals surface area contributed by atoms with Crippen LogP contribution < -0.4 is 0 Å². The van der Waals surface area contributed by atoms with Gasteiger partial charge in [-0.1, -0.05) is 66.7 Å². The van der Waals surface area contributed by atoms with Gasteiger partial charge in [-0.15, -0.1) is 0 Å². The fourth-order valence-corrected chi connectivity index (χ4v) is 3.35. The molecule has 0 unspecified atom stereocenters. The molecule has 0 aliphatic carbocycles. The lowest BCUT2D eigenvalue weighted by Crippen LogP contribution is -1.99. The fraction of sp³-hybridized carbons (Fsp3) is 0.0870. The second-order valence-electron chi connectivity index (χ2n) is 6.30. The molecule has 3 aromatic carbocycles. The summed E-state index contributed by atoms with van der Waals surface area (Å²) in [4.78, 5) is 0. The van der Waals surface area contributed by atoms with Gasteiger partial charge in [0, 0.05) is 17.3 Å². The maximum absolute atomic E-state index is 4.81. The molecule has 1 heterocycles. The van der Waals surface area contributed by atoms with E-state index in [1.807, 2.05) is 29.1 Å². The first-order chi connectivity index (χ1) is 12.2. The van der Waals surface area contributed by atoms with Crippen molar-refractivity contribution in [3.63, 3.8) is 0 Å². The third-order valence-corrected chi connectivity index (χ3v) is 4.56. The maximum atomic E-state index is 4.81. The standard InChI is InChI=1S/C23H20N2/c1-17-9-8-10-18(2)23(17)20-13-6-7-14-22(20)25-16-15-21(24-25)19-11-4-3-5-12-19/h3-16H,1-2H3. The minimum Gasteiger partial charge on any atom is -0.240 e. The van der Waals surface area contributed by atoms with Crippen molar-refractivity contribution in [1.29, 1.82) is 0 Å². The summed E-state index contributed by atoms with van der Waals surface area (Å²) in [6.07, 6.45) is 2.04. The number of hydrogen-bond acceptors (Lipinski definition) is 1. The summed E-state index contributed by atoms with van der Waals surface area (Å²) in [6.45, 7) is 4.33. The fourth-order valence-electron chi connectivity index (χ4n) is 3.35. The molecule has 2 heteroatoms. The van der Waals surface area contributed by atoms with E-state index in [-0.39, 0.29) is 0 Å². The van der Waals surface area contributed by atoms with Crippen LogP contribution in [0.2, 0.25) is 0 Å². The molecule has 4 aromatic rings. The first-order valence-electron chi connectivity index (χ1n) is 8.51. The van der Waals surface area contributed by atoms with Gasteiger partial charge in [0.25, 0.3) is 0 Å². The topological polar surface area (TPSA) is 17.8 Å². The van der Waals surface area contributed by atoms with E-state index in [4.69, 9.17) is 5.10 Å². The molecule has 0 aliphatic rings. The number of aryl methyl sites for hydroxylation is 2. The smallest absolute Gasteiger partial charge is 0.0927 e. The molecular weight excluding hydrogens is 304 g/mol. The second kappa shape index (κ2) is 6.40. The van der Waals surface area contributed by atoms with Crippen molar-refractivity contribution in [2.45, 2.75) is 13.8 Å². The Kier molecular flexibility index (Phi) is 3.95. The molecule has 122 valence electrons. The van der Waals surface area contributed by atoms with Crippen LogP contribution >= 0.6 is 0 Å². The van der Waals surface area contributed by atoms with Gasteiger partial charge in [0.05, 0.1) is 11.4 Å². The zero-order chi connectivity index (χ0) is 17.2. The lowest BCUT2D eigenvalue weighted by Gasteiger charge is -2.14. The minimum absolute atomic E-state index is 0.983. The molecule has 0 spiro atoms. The average molecular weight is 324 g/mol. The van der Waals surface area contributed by atoms with Crippen molar-refractivity contribution >= 4 is 0 Å². The van der Waals surface area contributed by atoms with Crippen molar-refractivity contribution in [2.75, 3.05) is 0 Å². The highest BCUT2D eigenvalue weighted by atomic mass is 15.3. The molecule has 2 nitrogen and oxygen atoms in total. The Morgan fingerprint density at radius 2 is 1.36 bits per heavy atom. The Morgan fingerprint density at radius 3 is 2.12 bits per heavy atom. The number of nitrogens with zero attached hydrogens (tertiary/aromatic N) is 2. The van der Waals surface area contributed by atoms with E-state index in [9.17, 15) is 0 Å². The molecule has 0 bridgehead atoms. The summed E-state index contributed by atoms with van der Waals surface area (Å²) in [5.41, 5.74) is 8.27. The number of benzene rings is 3. The Labute approximate surface area is 148 Å². The molecule has 0 saturated carbocycles. The minimum atomic E-state index is 0.983. The van der Waals surface area contributed by atoms with Gasteiger partial charge in [-0.2, -0.15) is 5.10 Å². The highest BCUT2D eigenvalue weighted by Gasteiger charge is 2.12. The molecule has 0 radical (unpaired) electrons. The van der Waals surface area contributed by atoms with Gasteiger partial charge >= 0.3 is 0 Å². The van der Waals surface area contributed by atoms with Crippen LogP contribution in [-0.2, 0) is 0 Å². The molecule has 0 aliphatic heterocycles. The van der Waals surface area contributed by atoms with Gasteiger partial charge in [-0.3, -0.25) is 0 Å². The predicted molar refractivity (Wildman–Crippen MR) is 104 cm³/mol. The van der Waals surface area contributed by atoms with Gasteiger partial charge < -0.3 is 0 Å². The van der Waals surface area contributed by atoms with Crippen molar-refractivity contribution in [1.82, 2.24) is 9.78 Å². The van der Waals surface area contributed by atoms with Gasteiger partial charge in [0.1, 0.15) is 0 Å². The number of rotatable bonds is 3. The monoisotopic (exact) mass is 324 g/mol. The van der Waals surface area contributed by atoms with Gasteiger partial charge in [0.15, 0.2) is 0 Å². The van der Waals surface area contributed by atoms with E-state index >= 15 is 0 Å². The van der Waals surface area contributed by atoms with Gasteiger partial charge in [-0.05, 0) is 42.7 Å². The third kappa shape index (κ3) is 2.87. The molecule has 0 amide bonds. The van der Waals surface area contributed by atoms with Crippen LogP contribution in [-0.4, -0.2) is 9.78 Å². The van der Waals surface area contributed by atoms with Crippen molar-refractivity contribution in [2.24, 2.45) is 0 Å². The first-order valence-corrected chi connectivity index (χ1v) is 8.51. The summed E-state index contributed by atoms with van der Waals surface area (Å²) < 4.78 is 1.98. The zero-order valence-electron chi connectivity index (χ0n) is 14.5. The normalized spacial score (nSPS) is 10.8. The first kappa shape index (κ1) is 15.4. The Balaban J connectivity index is 1.85. The van der Waals surface area contributed by atoms with Crippen LogP contribution in [0.15, 0.2) is 85.1 Å². The number of para-hydroxylation sites is 1. The highest BCUT2D eigenvalue weighted by molar-refractivity contribution is 5.78.